The number of ether oxygens (including phenoxy) is 2. The van der Waals surface area contributed by atoms with Crippen LogP contribution < -0.4 is 19.9 Å². The van der Waals surface area contributed by atoms with Gasteiger partial charge in [-0.05, 0) is 37.6 Å². The van der Waals surface area contributed by atoms with Crippen molar-refractivity contribution < 1.29 is 23.0 Å². The van der Waals surface area contributed by atoms with E-state index in [1.807, 2.05) is 19.1 Å². The summed E-state index contributed by atoms with van der Waals surface area (Å²) in [6, 6.07) is 9.80. The molecule has 0 unspecified atom stereocenters. The molecule has 0 aliphatic carbocycles. The average molecular weight is 492 g/mol. The highest BCUT2D eigenvalue weighted by molar-refractivity contribution is 7.19. The summed E-state index contributed by atoms with van der Waals surface area (Å²) in [6.45, 7) is 0.216. The van der Waals surface area contributed by atoms with Crippen molar-refractivity contribution in [2.75, 3.05) is 41.9 Å². The average Bonchev–Trinajstić information content (AvgIpc) is 3.45. The molecule has 2 aromatic heterocycles. The molecule has 13 heteroatoms. The highest BCUT2D eigenvalue weighted by atomic mass is 32.1. The molecule has 1 atom stereocenters. The Kier molecular flexibility index (Phi) is 7.43. The summed E-state index contributed by atoms with van der Waals surface area (Å²) in [6.07, 6.45) is 0.865. The van der Waals surface area contributed by atoms with E-state index in [4.69, 9.17) is 4.74 Å². The van der Waals surface area contributed by atoms with Gasteiger partial charge in [0.15, 0.2) is 5.82 Å². The number of carbonyl (C=O) groups is 1. The fraction of sp³-hybridized carbons (Fsp3) is 0.381. The van der Waals surface area contributed by atoms with Crippen LogP contribution in [0.1, 0.15) is 12.1 Å². The van der Waals surface area contributed by atoms with Crippen LogP contribution in [-0.2, 0) is 9.53 Å². The number of carbonyl (C=O) groups excluding carboxylic acids is 1. The van der Waals surface area contributed by atoms with Gasteiger partial charge in [-0.25, -0.2) is 0 Å². The Labute approximate surface area is 198 Å². The number of nitrogens with zero attached hydrogens (tertiary/aromatic N) is 6. The molecule has 4 rings (SSSR count). The molecule has 0 radical (unpaired) electrons. The first-order valence-electron chi connectivity index (χ1n) is 10.4. The van der Waals surface area contributed by atoms with Gasteiger partial charge in [-0.3, -0.25) is 9.69 Å². The molecule has 34 heavy (non-hydrogen) atoms. The summed E-state index contributed by atoms with van der Waals surface area (Å²) < 4.78 is 34.7. The van der Waals surface area contributed by atoms with Crippen LogP contribution in [0.25, 0.3) is 0 Å². The van der Waals surface area contributed by atoms with Gasteiger partial charge in [0.2, 0.25) is 10.3 Å². The quantitative estimate of drug-likeness (QED) is 0.483. The van der Waals surface area contributed by atoms with E-state index in [2.05, 4.69) is 35.3 Å². The van der Waals surface area contributed by atoms with Crippen LogP contribution in [0.15, 0.2) is 36.4 Å². The van der Waals surface area contributed by atoms with Gasteiger partial charge in [0.05, 0.1) is 11.4 Å². The predicted molar refractivity (Wildman–Crippen MR) is 123 cm³/mol. The lowest BCUT2D eigenvalue weighted by atomic mass is 10.2. The number of anilines is 4. The second-order valence-electron chi connectivity index (χ2n) is 7.54. The summed E-state index contributed by atoms with van der Waals surface area (Å²) in [7, 11) is 1.39. The molecule has 1 aliphatic rings. The Morgan fingerprint density at radius 2 is 2.12 bits per heavy atom. The van der Waals surface area contributed by atoms with Crippen LogP contribution in [0.5, 0.6) is 5.75 Å². The Hall–Kier alpha value is -3.45. The minimum absolute atomic E-state index is 0.0733. The Morgan fingerprint density at radius 3 is 2.85 bits per heavy atom. The third-order valence-corrected chi connectivity index (χ3v) is 5.89. The van der Waals surface area contributed by atoms with Crippen molar-refractivity contribution in [2.24, 2.45) is 0 Å². The first-order chi connectivity index (χ1) is 16.4. The molecule has 1 aromatic carbocycles. The number of hydrogen-bond donors (Lipinski definition) is 1. The van der Waals surface area contributed by atoms with Crippen molar-refractivity contribution in [2.45, 2.75) is 26.0 Å². The molecule has 1 saturated heterocycles. The zero-order chi connectivity index (χ0) is 24.1. The van der Waals surface area contributed by atoms with Gasteiger partial charge in [-0.1, -0.05) is 17.4 Å². The molecule has 0 bridgehead atoms. The third kappa shape index (κ3) is 5.72. The van der Waals surface area contributed by atoms with Crippen molar-refractivity contribution in [1.29, 1.82) is 0 Å². The maximum atomic E-state index is 12.8. The molecule has 0 saturated carbocycles. The lowest BCUT2D eigenvalue weighted by molar-refractivity contribution is -0.121. The highest BCUT2D eigenvalue weighted by Crippen LogP contribution is 2.33. The van der Waals surface area contributed by atoms with E-state index in [0.29, 0.717) is 17.4 Å². The topological polar surface area (TPSA) is 106 Å². The molecule has 1 amide bonds. The summed E-state index contributed by atoms with van der Waals surface area (Å²) in [5.74, 6) is 0.315. The summed E-state index contributed by atoms with van der Waals surface area (Å²) in [5, 5.41) is 20.8. The Morgan fingerprint density at radius 1 is 1.26 bits per heavy atom. The van der Waals surface area contributed by atoms with E-state index in [1.54, 1.807) is 6.07 Å². The van der Waals surface area contributed by atoms with Gasteiger partial charge in [-0.15, -0.1) is 15.3 Å². The normalized spacial score (nSPS) is 15.6. The van der Waals surface area contributed by atoms with Gasteiger partial charge in [-0.2, -0.15) is 13.9 Å². The summed E-state index contributed by atoms with van der Waals surface area (Å²) in [4.78, 5) is 16.2. The zero-order valence-corrected chi connectivity index (χ0v) is 19.3. The van der Waals surface area contributed by atoms with Crippen LogP contribution in [0.2, 0.25) is 0 Å². The highest BCUT2D eigenvalue weighted by Gasteiger charge is 2.27. The minimum atomic E-state index is -2.98. The zero-order valence-electron chi connectivity index (χ0n) is 18.5. The Bertz CT molecular complexity index is 1120. The summed E-state index contributed by atoms with van der Waals surface area (Å²) >= 11 is 1.18. The lowest BCUT2D eigenvalue weighted by Gasteiger charge is -2.20. The monoisotopic (exact) mass is 491 g/mol. The Balaban J connectivity index is 1.48. The van der Waals surface area contributed by atoms with Crippen molar-refractivity contribution in [3.05, 3.63) is 42.1 Å². The number of aryl methyl sites for hydroxylation is 1. The van der Waals surface area contributed by atoms with E-state index in [-0.39, 0.29) is 23.5 Å². The predicted octanol–water partition coefficient (Wildman–Crippen LogP) is 3.24. The van der Waals surface area contributed by atoms with Gasteiger partial charge in [0.25, 0.3) is 5.91 Å². The number of methoxy groups -OCH3 is 1. The second-order valence-corrected chi connectivity index (χ2v) is 8.49. The molecular formula is C21H23F2N7O3S. The molecular weight excluding hydrogens is 468 g/mol. The molecule has 3 aromatic rings. The number of hydrogen-bond acceptors (Lipinski definition) is 10. The van der Waals surface area contributed by atoms with E-state index in [0.717, 1.165) is 24.5 Å². The lowest BCUT2D eigenvalue weighted by Crippen LogP contribution is -2.29. The molecule has 10 nitrogen and oxygen atoms in total. The standard InChI is InChI=1S/C21H23F2N7O3S/c1-13-6-7-17(26-25-13)29-9-8-14(11-29)24-20-27-28-21(34-20)30(18(31)12-32-2)15-4-3-5-16(10-15)33-19(22)23/h3-7,10,14,19H,8-9,11-12H2,1-2H3,(H,24,27)/t14-/m1/s1. The van der Waals surface area contributed by atoms with Crippen molar-refractivity contribution in [3.8, 4) is 5.75 Å². The van der Waals surface area contributed by atoms with Crippen LogP contribution in [-0.4, -0.2) is 65.8 Å². The van der Waals surface area contributed by atoms with Crippen molar-refractivity contribution >= 4 is 39.0 Å². The van der Waals surface area contributed by atoms with Gasteiger partial charge < -0.3 is 19.7 Å². The van der Waals surface area contributed by atoms with Gasteiger partial charge in [0.1, 0.15) is 12.4 Å². The van der Waals surface area contributed by atoms with E-state index < -0.39 is 12.5 Å². The van der Waals surface area contributed by atoms with Crippen LogP contribution >= 0.6 is 11.3 Å². The fourth-order valence-electron chi connectivity index (χ4n) is 3.53. The molecule has 0 spiro atoms. The first kappa shape index (κ1) is 23.7. The maximum Gasteiger partial charge on any atom is 0.387 e. The molecule has 180 valence electrons. The van der Waals surface area contributed by atoms with Crippen molar-refractivity contribution in [3.63, 3.8) is 0 Å². The molecule has 3 heterocycles. The minimum Gasteiger partial charge on any atom is -0.435 e. The number of rotatable bonds is 9. The molecule has 1 aliphatic heterocycles. The first-order valence-corrected chi connectivity index (χ1v) is 11.3. The number of benzene rings is 1. The number of halogens is 2. The number of nitrogens with one attached hydrogen (secondary N) is 1. The van der Waals surface area contributed by atoms with E-state index in [1.165, 1.54) is 41.5 Å². The number of amides is 1. The SMILES string of the molecule is COCC(=O)N(c1cccc(OC(F)F)c1)c1nnc(N[C@@H]2CCN(c3ccc(C)nn3)C2)s1. The second kappa shape index (κ2) is 10.7. The van der Waals surface area contributed by atoms with Crippen LogP contribution in [0, 0.1) is 6.92 Å². The molecule has 1 N–H and O–H groups in total. The smallest absolute Gasteiger partial charge is 0.387 e. The van der Waals surface area contributed by atoms with Gasteiger partial charge in [0, 0.05) is 32.3 Å². The number of alkyl halides is 2. The van der Waals surface area contributed by atoms with Crippen LogP contribution in [0.3, 0.4) is 0 Å². The molecule has 1 fully saturated rings. The van der Waals surface area contributed by atoms with Gasteiger partial charge >= 0.3 is 6.61 Å². The summed E-state index contributed by atoms with van der Waals surface area (Å²) in [5.41, 5.74) is 1.17. The van der Waals surface area contributed by atoms with E-state index >= 15 is 0 Å². The van der Waals surface area contributed by atoms with Crippen LogP contribution in [0.4, 0.5) is 30.5 Å². The van der Waals surface area contributed by atoms with Crippen molar-refractivity contribution in [1.82, 2.24) is 20.4 Å². The van der Waals surface area contributed by atoms with E-state index in [9.17, 15) is 13.6 Å². The fourth-order valence-corrected chi connectivity index (χ4v) is 4.39. The number of aromatic nitrogens is 4. The maximum absolute atomic E-state index is 12.8. The third-order valence-electron chi connectivity index (χ3n) is 5.05. The largest absolute Gasteiger partial charge is 0.435 e.